The fourth-order valence-corrected chi connectivity index (χ4v) is 0.962. The number of terminal acetylenes is 1. The molecule has 0 aliphatic heterocycles. The Hall–Kier alpha value is -1.53. The van der Waals surface area contributed by atoms with Crippen molar-refractivity contribution in [3.05, 3.63) is 23.5 Å². The molecule has 0 aliphatic carbocycles. The van der Waals surface area contributed by atoms with Crippen LogP contribution in [-0.2, 0) is 6.61 Å². The van der Waals surface area contributed by atoms with Crippen LogP contribution in [0.15, 0.2) is 12.1 Å². The Bertz CT molecular complexity index is 328. The zero-order valence-corrected chi connectivity index (χ0v) is 7.45. The lowest BCUT2D eigenvalue weighted by atomic mass is 10.3. The van der Waals surface area contributed by atoms with Crippen LogP contribution in [0.5, 0.6) is 5.75 Å². The van der Waals surface area contributed by atoms with Crippen LogP contribution >= 0.6 is 0 Å². The van der Waals surface area contributed by atoms with Crippen molar-refractivity contribution in [1.82, 2.24) is 4.98 Å². The summed E-state index contributed by atoms with van der Waals surface area (Å²) in [5.74, 6) is 2.90. The van der Waals surface area contributed by atoms with Crippen molar-refractivity contribution in [2.75, 3.05) is 6.61 Å². The Balaban J connectivity index is 2.87. The van der Waals surface area contributed by atoms with E-state index in [-0.39, 0.29) is 13.2 Å². The van der Waals surface area contributed by atoms with Crippen molar-refractivity contribution in [1.29, 1.82) is 0 Å². The molecular formula is C10H11NO2. The summed E-state index contributed by atoms with van der Waals surface area (Å²) in [6.45, 7) is 1.91. The molecule has 0 aromatic carbocycles. The molecule has 1 heterocycles. The van der Waals surface area contributed by atoms with Crippen molar-refractivity contribution in [3.8, 4) is 18.1 Å². The van der Waals surface area contributed by atoms with E-state index < -0.39 is 0 Å². The average molecular weight is 177 g/mol. The lowest BCUT2D eigenvalue weighted by Gasteiger charge is -2.06. The molecule has 0 amide bonds. The molecule has 1 aromatic rings. The Kier molecular flexibility index (Phi) is 3.30. The first-order valence-electron chi connectivity index (χ1n) is 3.91. The number of aromatic nitrogens is 1. The summed E-state index contributed by atoms with van der Waals surface area (Å²) in [5, 5.41) is 8.95. The summed E-state index contributed by atoms with van der Waals surface area (Å²) in [5.41, 5.74) is 1.37. The van der Waals surface area contributed by atoms with Crippen molar-refractivity contribution in [2.24, 2.45) is 0 Å². The Morgan fingerprint density at radius 3 is 3.00 bits per heavy atom. The minimum atomic E-state index is -0.137. The molecule has 3 heteroatoms. The maximum absolute atomic E-state index is 8.95. The maximum Gasteiger partial charge on any atom is 0.148 e. The van der Waals surface area contributed by atoms with Crippen molar-refractivity contribution in [3.63, 3.8) is 0 Å². The van der Waals surface area contributed by atoms with Gasteiger partial charge in [0.15, 0.2) is 0 Å². The van der Waals surface area contributed by atoms with E-state index in [0.29, 0.717) is 11.4 Å². The zero-order valence-electron chi connectivity index (χ0n) is 7.45. The van der Waals surface area contributed by atoms with E-state index in [1.165, 1.54) is 0 Å². The summed E-state index contributed by atoms with van der Waals surface area (Å²) in [6, 6.07) is 3.57. The van der Waals surface area contributed by atoms with Gasteiger partial charge in [-0.2, -0.15) is 0 Å². The molecule has 1 aromatic heterocycles. The smallest absolute Gasteiger partial charge is 0.148 e. The summed E-state index contributed by atoms with van der Waals surface area (Å²) in [7, 11) is 0. The average Bonchev–Trinajstić information content (AvgIpc) is 2.16. The second kappa shape index (κ2) is 4.48. The maximum atomic E-state index is 8.95. The molecule has 0 radical (unpaired) electrons. The standard InChI is InChI=1S/C10H11NO2/c1-3-6-13-10-5-4-8(2)11-9(10)7-12/h1,4-5,12H,6-7H2,2H3. The van der Waals surface area contributed by atoms with Gasteiger partial charge in [-0.05, 0) is 19.1 Å². The number of aryl methyl sites for hydroxylation is 1. The molecule has 68 valence electrons. The fraction of sp³-hybridized carbons (Fsp3) is 0.300. The first-order chi connectivity index (χ1) is 6.27. The Morgan fingerprint density at radius 1 is 1.62 bits per heavy atom. The molecule has 0 spiro atoms. The molecule has 0 atom stereocenters. The lowest BCUT2D eigenvalue weighted by molar-refractivity contribution is 0.264. The van der Waals surface area contributed by atoms with Gasteiger partial charge in [0.25, 0.3) is 0 Å². The summed E-state index contributed by atoms with van der Waals surface area (Å²) >= 11 is 0. The monoisotopic (exact) mass is 177 g/mol. The molecule has 3 nitrogen and oxygen atoms in total. The quantitative estimate of drug-likeness (QED) is 0.697. The minimum Gasteiger partial charge on any atom is -0.479 e. The van der Waals surface area contributed by atoms with Crippen molar-refractivity contribution >= 4 is 0 Å². The number of hydrogen-bond donors (Lipinski definition) is 1. The van der Waals surface area contributed by atoms with Crippen LogP contribution < -0.4 is 4.74 Å². The van der Waals surface area contributed by atoms with Gasteiger partial charge >= 0.3 is 0 Å². The van der Waals surface area contributed by atoms with Crippen LogP contribution in [0.2, 0.25) is 0 Å². The molecule has 0 saturated carbocycles. The number of pyridine rings is 1. The van der Waals surface area contributed by atoms with E-state index in [4.69, 9.17) is 16.3 Å². The van der Waals surface area contributed by atoms with Crippen LogP contribution in [0, 0.1) is 19.3 Å². The normalized spacial score (nSPS) is 9.31. The van der Waals surface area contributed by atoms with E-state index in [1.54, 1.807) is 6.07 Å². The summed E-state index contributed by atoms with van der Waals surface area (Å²) < 4.78 is 5.17. The van der Waals surface area contributed by atoms with Crippen LogP contribution in [0.25, 0.3) is 0 Å². The van der Waals surface area contributed by atoms with Crippen molar-refractivity contribution < 1.29 is 9.84 Å². The Labute approximate surface area is 77.4 Å². The molecule has 0 fully saturated rings. The van der Waals surface area contributed by atoms with Gasteiger partial charge in [-0.25, -0.2) is 0 Å². The summed E-state index contributed by atoms with van der Waals surface area (Å²) in [6.07, 6.45) is 5.04. The van der Waals surface area contributed by atoms with Gasteiger partial charge < -0.3 is 9.84 Å². The molecule has 0 unspecified atom stereocenters. The first kappa shape index (κ1) is 9.56. The second-order valence-electron chi connectivity index (χ2n) is 2.55. The summed E-state index contributed by atoms with van der Waals surface area (Å²) in [4.78, 5) is 4.10. The minimum absolute atomic E-state index is 0.137. The van der Waals surface area contributed by atoms with Gasteiger partial charge in [-0.15, -0.1) is 6.42 Å². The number of ether oxygens (including phenoxy) is 1. The van der Waals surface area contributed by atoms with Crippen LogP contribution in [0.3, 0.4) is 0 Å². The number of aliphatic hydroxyl groups is 1. The lowest BCUT2D eigenvalue weighted by Crippen LogP contribution is -2.00. The highest BCUT2D eigenvalue weighted by Crippen LogP contribution is 2.16. The third-order valence-electron chi connectivity index (χ3n) is 1.53. The number of aliphatic hydroxyl groups excluding tert-OH is 1. The van der Waals surface area contributed by atoms with Gasteiger partial charge in [0.05, 0.1) is 6.61 Å². The molecular weight excluding hydrogens is 166 g/mol. The largest absolute Gasteiger partial charge is 0.479 e. The van der Waals surface area contributed by atoms with E-state index in [9.17, 15) is 0 Å². The van der Waals surface area contributed by atoms with Gasteiger partial charge in [0.1, 0.15) is 18.1 Å². The molecule has 0 bridgehead atoms. The molecule has 1 rings (SSSR count). The van der Waals surface area contributed by atoms with Gasteiger partial charge in [0, 0.05) is 5.69 Å². The van der Waals surface area contributed by atoms with Gasteiger partial charge in [-0.1, -0.05) is 5.92 Å². The van der Waals surface area contributed by atoms with Crippen LogP contribution in [0.1, 0.15) is 11.4 Å². The fourth-order valence-electron chi connectivity index (χ4n) is 0.962. The van der Waals surface area contributed by atoms with Gasteiger partial charge in [-0.3, -0.25) is 4.98 Å². The Morgan fingerprint density at radius 2 is 2.38 bits per heavy atom. The van der Waals surface area contributed by atoms with Crippen molar-refractivity contribution in [2.45, 2.75) is 13.5 Å². The molecule has 0 saturated heterocycles. The molecule has 13 heavy (non-hydrogen) atoms. The van der Waals surface area contributed by atoms with Crippen LogP contribution in [0.4, 0.5) is 0 Å². The van der Waals surface area contributed by atoms with E-state index >= 15 is 0 Å². The predicted octanol–water partition coefficient (Wildman–Crippen LogP) is 0.894. The predicted molar refractivity (Wildman–Crippen MR) is 49.2 cm³/mol. The van der Waals surface area contributed by atoms with Gasteiger partial charge in [0.2, 0.25) is 0 Å². The highest BCUT2D eigenvalue weighted by Gasteiger charge is 2.03. The number of hydrogen-bond acceptors (Lipinski definition) is 3. The van der Waals surface area contributed by atoms with E-state index in [1.807, 2.05) is 13.0 Å². The van der Waals surface area contributed by atoms with Crippen LogP contribution in [-0.4, -0.2) is 16.7 Å². The second-order valence-corrected chi connectivity index (χ2v) is 2.55. The van der Waals surface area contributed by atoms with E-state index in [0.717, 1.165) is 5.69 Å². The molecule has 0 aliphatic rings. The highest BCUT2D eigenvalue weighted by atomic mass is 16.5. The SMILES string of the molecule is C#CCOc1ccc(C)nc1CO. The zero-order chi connectivity index (χ0) is 9.68. The topological polar surface area (TPSA) is 42.4 Å². The third-order valence-corrected chi connectivity index (χ3v) is 1.53. The molecule has 1 N–H and O–H groups in total. The number of nitrogens with zero attached hydrogens (tertiary/aromatic N) is 1. The first-order valence-corrected chi connectivity index (χ1v) is 3.91. The van der Waals surface area contributed by atoms with E-state index in [2.05, 4.69) is 10.9 Å². The number of rotatable bonds is 3. The third kappa shape index (κ3) is 2.46. The highest BCUT2D eigenvalue weighted by molar-refractivity contribution is 5.29.